The second-order valence-corrected chi connectivity index (χ2v) is 11.4. The van der Waals surface area contributed by atoms with E-state index in [0.717, 1.165) is 11.1 Å². The number of carbonyl (C=O) groups excluding carboxylic acids is 3. The van der Waals surface area contributed by atoms with Gasteiger partial charge in [-0.2, -0.15) is 0 Å². The Hall–Kier alpha value is -3.43. The Kier molecular flexibility index (Phi) is 7.39. The first-order valence-electron chi connectivity index (χ1n) is 14.2. The van der Waals surface area contributed by atoms with Crippen LogP contribution in [0.1, 0.15) is 51.2 Å². The molecule has 3 saturated heterocycles. The molecule has 3 aliphatic rings. The van der Waals surface area contributed by atoms with Crippen LogP contribution in [-0.2, 0) is 19.1 Å². The number of aliphatic hydroxyl groups excluding tert-OH is 1. The van der Waals surface area contributed by atoms with Crippen molar-refractivity contribution in [3.05, 3.63) is 53.6 Å². The standard InChI is InChI=1S/C31H39N3O6/c1-6-30-14-15-31(40-30)25(24(30)27(36)32-21-10-12-22(13-11-21)39-7-2)29(38)34(20(5)17-35)26(31)28(37)33-23-16-18(3)8-9-19(23)4/h8-13,16,20,24-26,35H,6-7,14-15,17H2,1-5H3,(H,32,36)(H,33,37)/t20-,24-,25+,26?,30+,31?/m1/s1. The number of likely N-dealkylation sites (tertiary alicyclic amines) is 1. The summed E-state index contributed by atoms with van der Waals surface area (Å²) < 4.78 is 12.3. The third-order valence-corrected chi connectivity index (χ3v) is 8.97. The van der Waals surface area contributed by atoms with Crippen LogP contribution in [0.2, 0.25) is 0 Å². The molecular weight excluding hydrogens is 510 g/mol. The number of anilines is 2. The van der Waals surface area contributed by atoms with E-state index in [0.29, 0.717) is 43.0 Å². The Bertz CT molecular complexity index is 1310. The van der Waals surface area contributed by atoms with Crippen LogP contribution in [0.15, 0.2) is 42.5 Å². The van der Waals surface area contributed by atoms with E-state index in [2.05, 4.69) is 10.6 Å². The van der Waals surface area contributed by atoms with Crippen molar-refractivity contribution >= 4 is 29.1 Å². The maximum absolute atomic E-state index is 14.2. The molecule has 6 atom stereocenters. The second kappa shape index (κ2) is 10.5. The van der Waals surface area contributed by atoms with Crippen molar-refractivity contribution in [3.63, 3.8) is 0 Å². The van der Waals surface area contributed by atoms with Crippen LogP contribution in [-0.4, -0.2) is 64.2 Å². The summed E-state index contributed by atoms with van der Waals surface area (Å²) in [6.45, 7) is 9.66. The first-order valence-corrected chi connectivity index (χ1v) is 14.2. The zero-order valence-electron chi connectivity index (χ0n) is 23.8. The number of carbonyl (C=O) groups is 3. The lowest BCUT2D eigenvalue weighted by atomic mass is 9.65. The molecule has 2 aromatic rings. The largest absolute Gasteiger partial charge is 0.494 e. The Labute approximate surface area is 235 Å². The van der Waals surface area contributed by atoms with Gasteiger partial charge in [0, 0.05) is 11.4 Å². The minimum absolute atomic E-state index is 0.307. The summed E-state index contributed by atoms with van der Waals surface area (Å²) in [6.07, 6.45) is 1.56. The van der Waals surface area contributed by atoms with E-state index >= 15 is 0 Å². The number of ether oxygens (including phenoxy) is 2. The predicted molar refractivity (Wildman–Crippen MR) is 151 cm³/mol. The fourth-order valence-electron chi connectivity index (χ4n) is 7.01. The van der Waals surface area contributed by atoms with Crippen molar-refractivity contribution in [2.24, 2.45) is 11.8 Å². The van der Waals surface area contributed by atoms with Gasteiger partial charge in [0.05, 0.1) is 36.7 Å². The third-order valence-electron chi connectivity index (χ3n) is 8.97. The van der Waals surface area contributed by atoms with Gasteiger partial charge in [0.1, 0.15) is 17.4 Å². The maximum Gasteiger partial charge on any atom is 0.250 e. The number of aliphatic hydroxyl groups is 1. The summed E-state index contributed by atoms with van der Waals surface area (Å²) in [4.78, 5) is 43.6. The van der Waals surface area contributed by atoms with E-state index in [-0.39, 0.29) is 24.3 Å². The third kappa shape index (κ3) is 4.36. The molecule has 5 rings (SSSR count). The predicted octanol–water partition coefficient (Wildman–Crippen LogP) is 3.81. The molecule has 3 fully saturated rings. The molecule has 0 radical (unpaired) electrons. The molecule has 40 heavy (non-hydrogen) atoms. The molecule has 2 unspecified atom stereocenters. The average Bonchev–Trinajstić information content (AvgIpc) is 3.55. The highest BCUT2D eigenvalue weighted by Crippen LogP contribution is 2.64. The summed E-state index contributed by atoms with van der Waals surface area (Å²) in [5.41, 5.74) is 1.12. The smallest absolute Gasteiger partial charge is 0.250 e. The molecule has 0 saturated carbocycles. The van der Waals surface area contributed by atoms with Crippen molar-refractivity contribution in [1.82, 2.24) is 4.90 Å². The van der Waals surface area contributed by atoms with Crippen LogP contribution in [0.5, 0.6) is 5.75 Å². The molecule has 2 aromatic carbocycles. The highest BCUT2D eigenvalue weighted by Gasteiger charge is 2.79. The molecule has 3 amide bonds. The summed E-state index contributed by atoms with van der Waals surface area (Å²) in [7, 11) is 0. The molecule has 9 nitrogen and oxygen atoms in total. The van der Waals surface area contributed by atoms with Crippen LogP contribution in [0.4, 0.5) is 11.4 Å². The molecule has 3 aliphatic heterocycles. The topological polar surface area (TPSA) is 117 Å². The van der Waals surface area contributed by atoms with Crippen molar-refractivity contribution in [3.8, 4) is 5.75 Å². The zero-order valence-corrected chi connectivity index (χ0v) is 23.8. The maximum atomic E-state index is 14.2. The number of nitrogens with zero attached hydrogens (tertiary/aromatic N) is 1. The van der Waals surface area contributed by atoms with Crippen molar-refractivity contribution < 1.29 is 29.0 Å². The van der Waals surface area contributed by atoms with Crippen molar-refractivity contribution in [2.45, 2.75) is 77.2 Å². The molecule has 3 N–H and O–H groups in total. The fraction of sp³-hybridized carbons (Fsp3) is 0.516. The Morgan fingerprint density at radius 2 is 1.82 bits per heavy atom. The first-order chi connectivity index (χ1) is 19.1. The Morgan fingerprint density at radius 1 is 1.10 bits per heavy atom. The number of amides is 3. The summed E-state index contributed by atoms with van der Waals surface area (Å²) >= 11 is 0. The summed E-state index contributed by atoms with van der Waals surface area (Å²) in [5, 5.41) is 16.1. The molecular formula is C31H39N3O6. The minimum Gasteiger partial charge on any atom is -0.494 e. The molecule has 1 spiro atoms. The lowest BCUT2D eigenvalue weighted by Crippen LogP contribution is -2.56. The highest BCUT2D eigenvalue weighted by molar-refractivity contribution is 6.05. The van der Waals surface area contributed by atoms with Gasteiger partial charge in [0.25, 0.3) is 0 Å². The van der Waals surface area contributed by atoms with Gasteiger partial charge in [0.2, 0.25) is 17.7 Å². The fourth-order valence-corrected chi connectivity index (χ4v) is 7.01. The number of hydrogen-bond acceptors (Lipinski definition) is 6. The van der Waals surface area contributed by atoms with Gasteiger partial charge in [-0.25, -0.2) is 0 Å². The van der Waals surface area contributed by atoms with Gasteiger partial charge < -0.3 is 30.1 Å². The SMILES string of the molecule is CCOc1ccc(NC(=O)[C@H]2[C@H]3C(=O)N([C@H](C)CO)C(C(=O)Nc4cc(C)ccc4C)C34CC[C@]2(CC)O4)cc1. The van der Waals surface area contributed by atoms with Gasteiger partial charge in [-0.3, -0.25) is 14.4 Å². The van der Waals surface area contributed by atoms with Crippen LogP contribution in [0.3, 0.4) is 0 Å². The number of rotatable bonds is 9. The monoisotopic (exact) mass is 549 g/mol. The van der Waals surface area contributed by atoms with E-state index in [1.54, 1.807) is 31.2 Å². The Morgan fingerprint density at radius 3 is 2.48 bits per heavy atom. The van der Waals surface area contributed by atoms with E-state index in [4.69, 9.17) is 9.47 Å². The summed E-state index contributed by atoms with van der Waals surface area (Å²) in [5.74, 6) is -1.93. The highest BCUT2D eigenvalue weighted by atomic mass is 16.5. The average molecular weight is 550 g/mol. The normalized spacial score (nSPS) is 29.3. The van der Waals surface area contributed by atoms with Crippen LogP contribution in [0, 0.1) is 25.7 Å². The second-order valence-electron chi connectivity index (χ2n) is 11.4. The number of aryl methyl sites for hydroxylation is 2. The van der Waals surface area contributed by atoms with Gasteiger partial charge >= 0.3 is 0 Å². The molecule has 0 aliphatic carbocycles. The first kappa shape index (κ1) is 28.1. The molecule has 214 valence electrons. The number of nitrogens with one attached hydrogen (secondary N) is 2. The van der Waals surface area contributed by atoms with Gasteiger partial charge in [-0.05, 0) is 88.4 Å². The number of hydrogen-bond donors (Lipinski definition) is 3. The Balaban J connectivity index is 1.50. The summed E-state index contributed by atoms with van der Waals surface area (Å²) in [6, 6.07) is 11.3. The van der Waals surface area contributed by atoms with Gasteiger partial charge in [-0.1, -0.05) is 19.1 Å². The van der Waals surface area contributed by atoms with E-state index < -0.39 is 35.1 Å². The molecule has 9 heteroatoms. The van der Waals surface area contributed by atoms with Crippen LogP contribution >= 0.6 is 0 Å². The van der Waals surface area contributed by atoms with Crippen molar-refractivity contribution in [2.75, 3.05) is 23.8 Å². The van der Waals surface area contributed by atoms with E-state index in [1.165, 1.54) is 4.90 Å². The van der Waals surface area contributed by atoms with Crippen LogP contribution in [0.25, 0.3) is 0 Å². The lowest BCUT2D eigenvalue weighted by Gasteiger charge is -2.36. The minimum atomic E-state index is -1.17. The van der Waals surface area contributed by atoms with Crippen molar-refractivity contribution in [1.29, 1.82) is 0 Å². The van der Waals surface area contributed by atoms with Gasteiger partial charge in [-0.15, -0.1) is 0 Å². The lowest BCUT2D eigenvalue weighted by molar-refractivity contribution is -0.147. The quantitative estimate of drug-likeness (QED) is 0.438. The van der Waals surface area contributed by atoms with E-state index in [9.17, 15) is 19.5 Å². The number of fused-ring (bicyclic) bond motifs is 1. The zero-order chi connectivity index (χ0) is 28.8. The van der Waals surface area contributed by atoms with E-state index in [1.807, 2.05) is 45.9 Å². The van der Waals surface area contributed by atoms with Gasteiger partial charge in [0.15, 0.2) is 0 Å². The van der Waals surface area contributed by atoms with Crippen LogP contribution < -0.4 is 15.4 Å². The molecule has 0 aromatic heterocycles. The number of benzene rings is 2. The molecule has 3 heterocycles. The molecule has 2 bridgehead atoms.